The summed E-state index contributed by atoms with van der Waals surface area (Å²) in [7, 11) is 0. The lowest BCUT2D eigenvalue weighted by atomic mass is 10.3. The average Bonchev–Trinajstić information content (AvgIpc) is 2.96. The monoisotopic (exact) mass is 227 g/mol. The predicted molar refractivity (Wildman–Crippen MR) is 61.1 cm³/mol. The molecule has 0 aromatic carbocycles. The topological polar surface area (TPSA) is 47.0 Å². The molecule has 15 heavy (non-hydrogen) atoms. The quantitative estimate of drug-likeness (QED) is 0.726. The predicted octanol–water partition coefficient (Wildman–Crippen LogP) is 2.29. The Morgan fingerprint density at radius 1 is 1.53 bits per heavy atom. The highest BCUT2D eigenvalue weighted by molar-refractivity contribution is 7.10. The second-order valence-corrected chi connectivity index (χ2v) is 4.62. The van der Waals surface area contributed by atoms with Gasteiger partial charge in [0.15, 0.2) is 0 Å². The number of hydrogen-bond acceptors (Lipinski definition) is 5. The van der Waals surface area contributed by atoms with Crippen LogP contribution < -0.4 is 5.32 Å². The van der Waals surface area contributed by atoms with Crippen LogP contribution in [0.5, 0.6) is 0 Å². The molecule has 1 aromatic heterocycles. The first-order valence-electron chi connectivity index (χ1n) is 5.53. The minimum absolute atomic E-state index is 0.589. The van der Waals surface area contributed by atoms with Crippen LogP contribution in [0.4, 0.5) is 5.00 Å². The Hall–Kier alpha value is -0.680. The van der Waals surface area contributed by atoms with Gasteiger partial charge in [-0.2, -0.15) is 0 Å². The Bertz CT molecular complexity index is 299. The molecular weight excluding hydrogens is 210 g/mol. The summed E-state index contributed by atoms with van der Waals surface area (Å²) in [5, 5.41) is 8.33. The molecular formula is C10H17N3OS. The van der Waals surface area contributed by atoms with E-state index in [0.717, 1.165) is 29.8 Å². The molecule has 0 bridgehead atoms. The van der Waals surface area contributed by atoms with Gasteiger partial charge < -0.3 is 10.1 Å². The van der Waals surface area contributed by atoms with Crippen LogP contribution >= 0.6 is 11.5 Å². The maximum absolute atomic E-state index is 5.58. The Morgan fingerprint density at radius 2 is 2.40 bits per heavy atom. The van der Waals surface area contributed by atoms with E-state index in [4.69, 9.17) is 4.74 Å². The molecule has 0 amide bonds. The summed E-state index contributed by atoms with van der Waals surface area (Å²) in [6.07, 6.45) is 3.99. The fraction of sp³-hybridized carbons (Fsp3) is 0.800. The van der Waals surface area contributed by atoms with Gasteiger partial charge in [0.05, 0.1) is 6.61 Å². The van der Waals surface area contributed by atoms with Gasteiger partial charge in [-0.25, -0.2) is 0 Å². The average molecular weight is 227 g/mol. The molecule has 4 nitrogen and oxygen atoms in total. The van der Waals surface area contributed by atoms with E-state index in [1.807, 2.05) is 0 Å². The standard InChI is InChI=1S/C10H17N3OS/c1-2-11-10-9(12-13-15-10)7-14-6-5-8-3-4-8/h8,11H,2-7H2,1H3. The molecule has 0 radical (unpaired) electrons. The lowest BCUT2D eigenvalue weighted by Gasteiger charge is -2.03. The fourth-order valence-corrected chi connectivity index (χ4v) is 2.06. The molecule has 1 heterocycles. The van der Waals surface area contributed by atoms with Gasteiger partial charge in [0.1, 0.15) is 10.7 Å². The first-order chi connectivity index (χ1) is 7.40. The molecule has 0 aliphatic heterocycles. The Balaban J connectivity index is 1.68. The maximum Gasteiger partial charge on any atom is 0.135 e. The molecule has 84 valence electrons. The molecule has 0 spiro atoms. The zero-order chi connectivity index (χ0) is 10.5. The number of hydrogen-bond donors (Lipinski definition) is 1. The van der Waals surface area contributed by atoms with Gasteiger partial charge in [0.2, 0.25) is 0 Å². The summed E-state index contributed by atoms with van der Waals surface area (Å²) in [5.74, 6) is 0.937. The first kappa shape index (κ1) is 10.8. The summed E-state index contributed by atoms with van der Waals surface area (Å²) in [6, 6.07) is 0. The zero-order valence-electron chi connectivity index (χ0n) is 9.03. The molecule has 1 aromatic rings. The molecule has 2 rings (SSSR count). The van der Waals surface area contributed by atoms with Gasteiger partial charge in [0.25, 0.3) is 0 Å². The Kier molecular flexibility index (Phi) is 3.91. The van der Waals surface area contributed by atoms with Crippen LogP contribution in [0, 0.1) is 5.92 Å². The van der Waals surface area contributed by atoms with Crippen molar-refractivity contribution in [1.29, 1.82) is 0 Å². The van der Waals surface area contributed by atoms with Crippen molar-refractivity contribution < 1.29 is 4.74 Å². The van der Waals surface area contributed by atoms with Crippen molar-refractivity contribution in [2.24, 2.45) is 5.92 Å². The smallest absolute Gasteiger partial charge is 0.135 e. The van der Waals surface area contributed by atoms with Crippen molar-refractivity contribution in [1.82, 2.24) is 9.59 Å². The molecule has 1 aliphatic carbocycles. The van der Waals surface area contributed by atoms with Crippen LogP contribution in [0.15, 0.2) is 0 Å². The van der Waals surface area contributed by atoms with Gasteiger partial charge in [-0.05, 0) is 19.3 Å². The van der Waals surface area contributed by atoms with E-state index in [-0.39, 0.29) is 0 Å². The zero-order valence-corrected chi connectivity index (χ0v) is 9.85. The van der Waals surface area contributed by atoms with E-state index in [1.54, 1.807) is 0 Å². The number of rotatable bonds is 7. The van der Waals surface area contributed by atoms with Gasteiger partial charge >= 0.3 is 0 Å². The van der Waals surface area contributed by atoms with Gasteiger partial charge in [-0.15, -0.1) is 5.10 Å². The summed E-state index contributed by atoms with van der Waals surface area (Å²) >= 11 is 1.40. The van der Waals surface area contributed by atoms with E-state index in [9.17, 15) is 0 Å². The SMILES string of the molecule is CCNc1snnc1COCCC1CC1. The third-order valence-electron chi connectivity index (χ3n) is 2.50. The molecule has 1 aliphatic rings. The van der Waals surface area contributed by atoms with Crippen molar-refractivity contribution in [3.05, 3.63) is 5.69 Å². The Morgan fingerprint density at radius 3 is 3.13 bits per heavy atom. The molecule has 0 saturated heterocycles. The molecule has 0 atom stereocenters. The molecule has 1 fully saturated rings. The fourth-order valence-electron chi connectivity index (χ4n) is 1.42. The van der Waals surface area contributed by atoms with Crippen molar-refractivity contribution in [3.8, 4) is 0 Å². The van der Waals surface area contributed by atoms with Crippen LogP contribution in [0.2, 0.25) is 0 Å². The van der Waals surface area contributed by atoms with Crippen molar-refractivity contribution >= 4 is 16.5 Å². The highest BCUT2D eigenvalue weighted by Crippen LogP contribution is 2.32. The summed E-state index contributed by atoms with van der Waals surface area (Å²) in [4.78, 5) is 0. The van der Waals surface area contributed by atoms with Crippen molar-refractivity contribution in [2.75, 3.05) is 18.5 Å². The summed E-state index contributed by atoms with van der Waals surface area (Å²) < 4.78 is 9.50. The van der Waals surface area contributed by atoms with Crippen molar-refractivity contribution in [2.45, 2.75) is 32.8 Å². The number of nitrogens with zero attached hydrogens (tertiary/aromatic N) is 2. The lowest BCUT2D eigenvalue weighted by molar-refractivity contribution is 0.113. The third kappa shape index (κ3) is 3.43. The molecule has 0 unspecified atom stereocenters. The van der Waals surface area contributed by atoms with Crippen molar-refractivity contribution in [3.63, 3.8) is 0 Å². The number of anilines is 1. The normalized spacial score (nSPS) is 15.5. The van der Waals surface area contributed by atoms with E-state index >= 15 is 0 Å². The largest absolute Gasteiger partial charge is 0.375 e. The number of ether oxygens (including phenoxy) is 1. The van der Waals surface area contributed by atoms with Crippen LogP contribution in [0.25, 0.3) is 0 Å². The van der Waals surface area contributed by atoms with Gasteiger partial charge in [-0.1, -0.05) is 17.3 Å². The second-order valence-electron chi connectivity index (χ2n) is 3.86. The van der Waals surface area contributed by atoms with E-state index in [2.05, 4.69) is 21.8 Å². The van der Waals surface area contributed by atoms with Crippen LogP contribution in [0.3, 0.4) is 0 Å². The minimum atomic E-state index is 0.589. The highest BCUT2D eigenvalue weighted by Gasteiger charge is 2.20. The number of aromatic nitrogens is 2. The first-order valence-corrected chi connectivity index (χ1v) is 6.30. The summed E-state index contributed by atoms with van der Waals surface area (Å²) in [6.45, 7) is 4.41. The highest BCUT2D eigenvalue weighted by atomic mass is 32.1. The van der Waals surface area contributed by atoms with E-state index in [1.165, 1.54) is 30.8 Å². The molecule has 1 N–H and O–H groups in total. The molecule has 5 heteroatoms. The summed E-state index contributed by atoms with van der Waals surface area (Å²) in [5.41, 5.74) is 0.942. The van der Waals surface area contributed by atoms with E-state index < -0.39 is 0 Å². The van der Waals surface area contributed by atoms with Gasteiger partial charge in [0, 0.05) is 24.7 Å². The second kappa shape index (κ2) is 5.42. The van der Waals surface area contributed by atoms with Crippen LogP contribution in [-0.4, -0.2) is 22.7 Å². The van der Waals surface area contributed by atoms with Crippen LogP contribution in [-0.2, 0) is 11.3 Å². The molecule has 1 saturated carbocycles. The van der Waals surface area contributed by atoms with Crippen LogP contribution in [0.1, 0.15) is 31.9 Å². The van der Waals surface area contributed by atoms with Gasteiger partial charge in [-0.3, -0.25) is 0 Å². The third-order valence-corrected chi connectivity index (χ3v) is 3.23. The maximum atomic E-state index is 5.58. The Labute approximate surface area is 94.2 Å². The minimum Gasteiger partial charge on any atom is -0.375 e. The lowest BCUT2D eigenvalue weighted by Crippen LogP contribution is -2.01. The number of nitrogens with one attached hydrogen (secondary N) is 1. The van der Waals surface area contributed by atoms with E-state index in [0.29, 0.717) is 6.61 Å².